The fourth-order valence-corrected chi connectivity index (χ4v) is 3.92. The summed E-state index contributed by atoms with van der Waals surface area (Å²) in [5.41, 5.74) is 7.27. The van der Waals surface area contributed by atoms with E-state index in [2.05, 4.69) is 45.1 Å². The van der Waals surface area contributed by atoms with Crippen LogP contribution in [0.15, 0.2) is 28.7 Å². The number of halogens is 1. The van der Waals surface area contributed by atoms with Gasteiger partial charge in [-0.2, -0.15) is 0 Å². The molecule has 1 saturated heterocycles. The minimum atomic E-state index is 0.553. The van der Waals surface area contributed by atoms with E-state index in [-0.39, 0.29) is 0 Å². The van der Waals surface area contributed by atoms with Crippen LogP contribution in [0.25, 0.3) is 0 Å². The molecule has 0 amide bonds. The molecule has 3 heteroatoms. The Kier molecular flexibility index (Phi) is 2.68. The molecule has 2 aliphatic rings. The maximum atomic E-state index is 5.94. The van der Waals surface area contributed by atoms with Gasteiger partial charge in [-0.3, -0.25) is 0 Å². The second kappa shape index (κ2) is 4.04. The molecule has 16 heavy (non-hydrogen) atoms. The predicted octanol–water partition coefficient (Wildman–Crippen LogP) is 2.77. The summed E-state index contributed by atoms with van der Waals surface area (Å²) < 4.78 is 1.20. The Morgan fingerprint density at radius 1 is 1.31 bits per heavy atom. The van der Waals surface area contributed by atoms with Crippen molar-refractivity contribution in [2.45, 2.75) is 31.3 Å². The van der Waals surface area contributed by atoms with E-state index in [0.717, 1.165) is 18.5 Å². The van der Waals surface area contributed by atoms with Crippen molar-refractivity contribution >= 4 is 21.6 Å². The summed E-state index contributed by atoms with van der Waals surface area (Å²) in [6, 6.07) is 9.77. The number of hydrogen-bond donors (Lipinski definition) is 1. The Bertz CT molecular complexity index is 393. The van der Waals surface area contributed by atoms with Gasteiger partial charge in [-0.15, -0.1) is 0 Å². The molecule has 1 aliphatic carbocycles. The van der Waals surface area contributed by atoms with Crippen molar-refractivity contribution in [1.82, 2.24) is 0 Å². The smallest absolute Gasteiger partial charge is 0.0516 e. The molecule has 1 saturated carbocycles. The summed E-state index contributed by atoms with van der Waals surface area (Å²) in [6.07, 6.45) is 4.04. The quantitative estimate of drug-likeness (QED) is 0.903. The van der Waals surface area contributed by atoms with Crippen LogP contribution in [0.3, 0.4) is 0 Å². The molecule has 3 rings (SSSR count). The molecular weight excluding hydrogens is 264 g/mol. The molecule has 3 unspecified atom stereocenters. The van der Waals surface area contributed by atoms with Crippen molar-refractivity contribution in [1.29, 1.82) is 0 Å². The van der Waals surface area contributed by atoms with E-state index in [0.29, 0.717) is 6.04 Å². The molecule has 2 bridgehead atoms. The van der Waals surface area contributed by atoms with Gasteiger partial charge in [0, 0.05) is 23.1 Å². The maximum absolute atomic E-state index is 5.94. The standard InChI is InChI=1S/C13H17BrN2/c14-11-3-1-2-4-12(11)16-10-6-5-9(7-10)13(16)8-15/h1-4,9-10,13H,5-8,15H2. The number of nitrogens with two attached hydrogens (primary N) is 1. The number of nitrogens with zero attached hydrogens (tertiary/aromatic N) is 1. The Hall–Kier alpha value is -0.540. The van der Waals surface area contributed by atoms with E-state index in [9.17, 15) is 0 Å². The van der Waals surface area contributed by atoms with Gasteiger partial charge in [0.05, 0.1) is 5.69 Å². The lowest BCUT2D eigenvalue weighted by atomic mass is 9.98. The number of para-hydroxylation sites is 1. The average Bonchev–Trinajstić information content (AvgIpc) is 2.89. The van der Waals surface area contributed by atoms with E-state index < -0.39 is 0 Å². The summed E-state index contributed by atoms with van der Waals surface area (Å²) >= 11 is 3.65. The maximum Gasteiger partial charge on any atom is 0.0516 e. The minimum Gasteiger partial charge on any atom is -0.363 e. The highest BCUT2D eigenvalue weighted by Crippen LogP contribution is 2.46. The third kappa shape index (κ3) is 1.49. The summed E-state index contributed by atoms with van der Waals surface area (Å²) in [4.78, 5) is 2.55. The van der Waals surface area contributed by atoms with E-state index in [1.165, 1.54) is 29.4 Å². The van der Waals surface area contributed by atoms with E-state index in [4.69, 9.17) is 5.73 Å². The number of rotatable bonds is 2. The van der Waals surface area contributed by atoms with Gasteiger partial charge < -0.3 is 10.6 Å². The summed E-state index contributed by atoms with van der Waals surface area (Å²) in [5.74, 6) is 0.821. The highest BCUT2D eigenvalue weighted by Gasteiger charge is 2.45. The highest BCUT2D eigenvalue weighted by molar-refractivity contribution is 9.10. The van der Waals surface area contributed by atoms with Crippen molar-refractivity contribution in [2.75, 3.05) is 11.4 Å². The zero-order valence-corrected chi connectivity index (χ0v) is 10.9. The number of anilines is 1. The topological polar surface area (TPSA) is 29.3 Å². The summed E-state index contributed by atoms with van der Waals surface area (Å²) in [7, 11) is 0. The Morgan fingerprint density at radius 2 is 2.12 bits per heavy atom. The predicted molar refractivity (Wildman–Crippen MR) is 70.6 cm³/mol. The number of piperidine rings is 1. The molecule has 1 aromatic carbocycles. The molecule has 86 valence electrons. The van der Waals surface area contributed by atoms with E-state index >= 15 is 0 Å². The van der Waals surface area contributed by atoms with E-state index in [1.807, 2.05) is 0 Å². The second-order valence-electron chi connectivity index (χ2n) is 4.89. The Labute approximate surface area is 105 Å². The fourth-order valence-electron chi connectivity index (χ4n) is 3.43. The molecule has 3 atom stereocenters. The van der Waals surface area contributed by atoms with Crippen LogP contribution in [-0.4, -0.2) is 18.6 Å². The van der Waals surface area contributed by atoms with Crippen molar-refractivity contribution < 1.29 is 0 Å². The normalized spacial score (nSPS) is 32.4. The minimum absolute atomic E-state index is 0.553. The lowest BCUT2D eigenvalue weighted by Crippen LogP contribution is -2.45. The molecule has 0 aromatic heterocycles. The molecule has 0 radical (unpaired) electrons. The molecule has 1 aliphatic heterocycles. The van der Waals surface area contributed by atoms with Gasteiger partial charge in [0.2, 0.25) is 0 Å². The largest absolute Gasteiger partial charge is 0.363 e. The van der Waals surface area contributed by atoms with E-state index in [1.54, 1.807) is 0 Å². The van der Waals surface area contributed by atoms with Gasteiger partial charge in [-0.05, 0) is 53.2 Å². The molecular formula is C13H17BrN2. The molecule has 2 N–H and O–H groups in total. The first-order valence-corrected chi connectivity index (χ1v) is 6.83. The van der Waals surface area contributed by atoms with Gasteiger partial charge in [-0.1, -0.05) is 12.1 Å². The van der Waals surface area contributed by atoms with Crippen molar-refractivity contribution in [2.24, 2.45) is 11.7 Å². The SMILES string of the molecule is NCC1C2CCC(C2)N1c1ccccc1Br. The zero-order valence-electron chi connectivity index (χ0n) is 9.27. The first kappa shape index (κ1) is 10.6. The Morgan fingerprint density at radius 3 is 2.88 bits per heavy atom. The van der Waals surface area contributed by atoms with Crippen molar-refractivity contribution in [3.8, 4) is 0 Å². The third-order valence-corrected chi connectivity index (χ3v) is 4.78. The van der Waals surface area contributed by atoms with Gasteiger partial charge >= 0.3 is 0 Å². The number of fused-ring (bicyclic) bond motifs is 2. The molecule has 1 heterocycles. The van der Waals surface area contributed by atoms with Crippen LogP contribution in [0.2, 0.25) is 0 Å². The van der Waals surface area contributed by atoms with Crippen LogP contribution < -0.4 is 10.6 Å². The molecule has 1 aromatic rings. The molecule has 2 nitrogen and oxygen atoms in total. The molecule has 2 fully saturated rings. The van der Waals surface area contributed by atoms with Crippen LogP contribution in [0, 0.1) is 5.92 Å². The van der Waals surface area contributed by atoms with Gasteiger partial charge in [0.1, 0.15) is 0 Å². The van der Waals surface area contributed by atoms with Crippen LogP contribution >= 0.6 is 15.9 Å². The lowest BCUT2D eigenvalue weighted by molar-refractivity contribution is 0.434. The van der Waals surface area contributed by atoms with Crippen LogP contribution in [0.1, 0.15) is 19.3 Å². The number of hydrogen-bond acceptors (Lipinski definition) is 2. The van der Waals surface area contributed by atoms with Gasteiger partial charge in [0.15, 0.2) is 0 Å². The zero-order chi connectivity index (χ0) is 11.1. The van der Waals surface area contributed by atoms with Crippen molar-refractivity contribution in [3.05, 3.63) is 28.7 Å². The first-order valence-electron chi connectivity index (χ1n) is 6.04. The summed E-state index contributed by atoms with van der Waals surface area (Å²) in [6.45, 7) is 0.780. The average molecular weight is 281 g/mol. The summed E-state index contributed by atoms with van der Waals surface area (Å²) in [5, 5.41) is 0. The fraction of sp³-hybridized carbons (Fsp3) is 0.538. The van der Waals surface area contributed by atoms with Crippen molar-refractivity contribution in [3.63, 3.8) is 0 Å². The Balaban J connectivity index is 1.97. The van der Waals surface area contributed by atoms with Gasteiger partial charge in [0.25, 0.3) is 0 Å². The van der Waals surface area contributed by atoms with Crippen LogP contribution in [-0.2, 0) is 0 Å². The first-order chi connectivity index (χ1) is 7.81. The van der Waals surface area contributed by atoms with Crippen LogP contribution in [0.5, 0.6) is 0 Å². The second-order valence-corrected chi connectivity index (χ2v) is 5.74. The molecule has 0 spiro atoms. The third-order valence-electron chi connectivity index (χ3n) is 4.11. The highest BCUT2D eigenvalue weighted by atomic mass is 79.9. The van der Waals surface area contributed by atoms with Gasteiger partial charge in [-0.25, -0.2) is 0 Å². The lowest BCUT2D eigenvalue weighted by Gasteiger charge is -2.37. The number of benzene rings is 1. The van der Waals surface area contributed by atoms with Crippen LogP contribution in [0.4, 0.5) is 5.69 Å². The monoisotopic (exact) mass is 280 g/mol.